The molecule has 0 fully saturated rings. The molecule has 1 aromatic rings. The Kier molecular flexibility index (Phi) is 2.85. The minimum atomic E-state index is -1.33. The SMILES string of the molecule is COc1cccc2c1OC(OC(=O)O)CC2. The number of aryl methyl sites for hydroxylation is 1. The van der Waals surface area contributed by atoms with Crippen LogP contribution in [0.5, 0.6) is 11.5 Å². The summed E-state index contributed by atoms with van der Waals surface area (Å²) >= 11 is 0. The highest BCUT2D eigenvalue weighted by molar-refractivity contribution is 5.57. The number of rotatable bonds is 2. The molecule has 0 aliphatic carbocycles. The zero-order valence-electron chi connectivity index (χ0n) is 8.80. The van der Waals surface area contributed by atoms with Gasteiger partial charge in [-0.05, 0) is 18.1 Å². The van der Waals surface area contributed by atoms with Crippen LogP contribution in [0.3, 0.4) is 0 Å². The first-order valence-corrected chi connectivity index (χ1v) is 4.93. The standard InChI is InChI=1S/C11H12O5/c1-14-8-4-2-3-7-5-6-9(15-10(7)8)16-11(12)13/h2-4,9H,5-6H2,1H3,(H,12,13). The second-order valence-corrected chi connectivity index (χ2v) is 3.42. The van der Waals surface area contributed by atoms with E-state index in [0.29, 0.717) is 24.3 Å². The molecule has 0 aromatic heterocycles. The highest BCUT2D eigenvalue weighted by Crippen LogP contribution is 2.36. The third-order valence-electron chi connectivity index (χ3n) is 2.41. The van der Waals surface area contributed by atoms with Crippen molar-refractivity contribution in [2.45, 2.75) is 19.1 Å². The summed E-state index contributed by atoms with van der Waals surface area (Å²) in [7, 11) is 1.54. The van der Waals surface area contributed by atoms with Gasteiger partial charge in [-0.2, -0.15) is 0 Å². The van der Waals surface area contributed by atoms with E-state index in [1.807, 2.05) is 12.1 Å². The lowest BCUT2D eigenvalue weighted by Crippen LogP contribution is -2.28. The van der Waals surface area contributed by atoms with Gasteiger partial charge in [0, 0.05) is 6.42 Å². The Morgan fingerprint density at radius 1 is 1.56 bits per heavy atom. The van der Waals surface area contributed by atoms with Crippen molar-refractivity contribution in [2.24, 2.45) is 0 Å². The van der Waals surface area contributed by atoms with Crippen molar-refractivity contribution in [2.75, 3.05) is 7.11 Å². The first kappa shape index (κ1) is 10.6. The summed E-state index contributed by atoms with van der Waals surface area (Å²) in [6.07, 6.45) is -0.846. The molecular weight excluding hydrogens is 212 g/mol. The van der Waals surface area contributed by atoms with E-state index in [-0.39, 0.29) is 0 Å². The normalized spacial score (nSPS) is 18.2. The highest BCUT2D eigenvalue weighted by atomic mass is 16.8. The van der Waals surface area contributed by atoms with Crippen molar-refractivity contribution in [3.63, 3.8) is 0 Å². The highest BCUT2D eigenvalue weighted by Gasteiger charge is 2.25. The maximum Gasteiger partial charge on any atom is 0.508 e. The predicted molar refractivity (Wildman–Crippen MR) is 54.8 cm³/mol. The van der Waals surface area contributed by atoms with Gasteiger partial charge in [0.15, 0.2) is 11.5 Å². The zero-order chi connectivity index (χ0) is 11.5. The third kappa shape index (κ3) is 2.03. The molecule has 0 radical (unpaired) electrons. The summed E-state index contributed by atoms with van der Waals surface area (Å²) in [5.74, 6) is 1.17. The Hall–Kier alpha value is -1.91. The molecule has 5 heteroatoms. The third-order valence-corrected chi connectivity index (χ3v) is 2.41. The summed E-state index contributed by atoms with van der Waals surface area (Å²) < 4.78 is 15.2. The number of benzene rings is 1. The number of ether oxygens (including phenoxy) is 3. The van der Waals surface area contributed by atoms with E-state index >= 15 is 0 Å². The fourth-order valence-electron chi connectivity index (χ4n) is 1.71. The molecule has 1 aliphatic rings. The van der Waals surface area contributed by atoms with E-state index in [1.165, 1.54) is 0 Å². The Morgan fingerprint density at radius 2 is 2.38 bits per heavy atom. The maximum atomic E-state index is 10.4. The molecule has 1 N–H and O–H groups in total. The van der Waals surface area contributed by atoms with Crippen LogP contribution in [-0.2, 0) is 11.2 Å². The van der Waals surface area contributed by atoms with Gasteiger partial charge in [-0.15, -0.1) is 0 Å². The van der Waals surface area contributed by atoms with Gasteiger partial charge in [0.1, 0.15) is 0 Å². The van der Waals surface area contributed by atoms with Crippen LogP contribution in [0.25, 0.3) is 0 Å². The fraction of sp³-hybridized carbons (Fsp3) is 0.364. The summed E-state index contributed by atoms with van der Waals surface area (Å²) in [4.78, 5) is 10.4. The Balaban J connectivity index is 2.21. The van der Waals surface area contributed by atoms with Crippen molar-refractivity contribution in [1.29, 1.82) is 0 Å². The molecule has 1 aromatic carbocycles. The van der Waals surface area contributed by atoms with Gasteiger partial charge < -0.3 is 19.3 Å². The fourth-order valence-corrected chi connectivity index (χ4v) is 1.71. The van der Waals surface area contributed by atoms with Crippen LogP contribution < -0.4 is 9.47 Å². The summed E-state index contributed by atoms with van der Waals surface area (Å²) in [5, 5.41) is 8.51. The summed E-state index contributed by atoms with van der Waals surface area (Å²) in [6.45, 7) is 0. The van der Waals surface area contributed by atoms with Gasteiger partial charge in [0.2, 0.25) is 6.29 Å². The topological polar surface area (TPSA) is 65.0 Å². The van der Waals surface area contributed by atoms with E-state index in [4.69, 9.17) is 14.6 Å². The molecule has 1 atom stereocenters. The number of carbonyl (C=O) groups is 1. The predicted octanol–water partition coefficient (Wildman–Crippen LogP) is 2.04. The minimum absolute atomic E-state index is 0.520. The molecule has 0 saturated heterocycles. The number of carboxylic acid groups (broad SMARTS) is 1. The van der Waals surface area contributed by atoms with Crippen LogP contribution in [0.15, 0.2) is 18.2 Å². The van der Waals surface area contributed by atoms with Gasteiger partial charge in [0.25, 0.3) is 0 Å². The molecule has 16 heavy (non-hydrogen) atoms. The van der Waals surface area contributed by atoms with Crippen LogP contribution in [0.4, 0.5) is 4.79 Å². The minimum Gasteiger partial charge on any atom is -0.493 e. The molecule has 2 rings (SSSR count). The Labute approximate surface area is 92.5 Å². The van der Waals surface area contributed by atoms with Gasteiger partial charge in [0.05, 0.1) is 7.11 Å². The van der Waals surface area contributed by atoms with Gasteiger partial charge >= 0.3 is 6.16 Å². The Bertz CT molecular complexity index is 387. The number of methoxy groups -OCH3 is 1. The maximum absolute atomic E-state index is 10.4. The van der Waals surface area contributed by atoms with Gasteiger partial charge in [-0.1, -0.05) is 12.1 Å². The first-order valence-electron chi connectivity index (χ1n) is 4.93. The van der Waals surface area contributed by atoms with Crippen molar-refractivity contribution in [3.05, 3.63) is 23.8 Å². The zero-order valence-corrected chi connectivity index (χ0v) is 8.80. The molecule has 0 bridgehead atoms. The molecule has 0 spiro atoms. The van der Waals surface area contributed by atoms with Crippen LogP contribution in [0.1, 0.15) is 12.0 Å². The van der Waals surface area contributed by atoms with E-state index in [9.17, 15) is 4.79 Å². The summed E-state index contributed by atoms with van der Waals surface area (Å²) in [6, 6.07) is 5.57. The smallest absolute Gasteiger partial charge is 0.493 e. The van der Waals surface area contributed by atoms with Crippen LogP contribution in [-0.4, -0.2) is 24.7 Å². The lowest BCUT2D eigenvalue weighted by Gasteiger charge is -2.25. The van der Waals surface area contributed by atoms with E-state index < -0.39 is 12.4 Å². The monoisotopic (exact) mass is 224 g/mol. The van der Waals surface area contributed by atoms with Crippen molar-refractivity contribution in [3.8, 4) is 11.5 Å². The van der Waals surface area contributed by atoms with Gasteiger partial charge in [-0.25, -0.2) is 4.79 Å². The second-order valence-electron chi connectivity index (χ2n) is 3.42. The first-order chi connectivity index (χ1) is 7.70. The quantitative estimate of drug-likeness (QED) is 0.779. The summed E-state index contributed by atoms with van der Waals surface area (Å²) in [5.41, 5.74) is 1.00. The van der Waals surface area contributed by atoms with E-state index in [1.54, 1.807) is 13.2 Å². The molecule has 0 amide bonds. The Morgan fingerprint density at radius 3 is 3.06 bits per heavy atom. The largest absolute Gasteiger partial charge is 0.508 e. The van der Waals surface area contributed by atoms with Crippen molar-refractivity contribution in [1.82, 2.24) is 0 Å². The number of para-hydroxylation sites is 1. The lowest BCUT2D eigenvalue weighted by molar-refractivity contribution is -0.0645. The van der Waals surface area contributed by atoms with E-state index in [0.717, 1.165) is 5.56 Å². The van der Waals surface area contributed by atoms with Crippen molar-refractivity contribution < 1.29 is 24.1 Å². The molecule has 1 unspecified atom stereocenters. The average Bonchev–Trinajstić information content (AvgIpc) is 2.27. The molecule has 1 heterocycles. The number of hydrogen-bond donors (Lipinski definition) is 1. The van der Waals surface area contributed by atoms with Crippen LogP contribution >= 0.6 is 0 Å². The van der Waals surface area contributed by atoms with E-state index in [2.05, 4.69) is 4.74 Å². The van der Waals surface area contributed by atoms with Crippen molar-refractivity contribution >= 4 is 6.16 Å². The van der Waals surface area contributed by atoms with Crippen LogP contribution in [0, 0.1) is 0 Å². The molecular formula is C11H12O5. The molecule has 5 nitrogen and oxygen atoms in total. The second kappa shape index (κ2) is 4.30. The average molecular weight is 224 g/mol. The molecule has 86 valence electrons. The number of fused-ring (bicyclic) bond motifs is 1. The molecule has 0 saturated carbocycles. The van der Waals surface area contributed by atoms with Crippen LogP contribution in [0.2, 0.25) is 0 Å². The number of hydrogen-bond acceptors (Lipinski definition) is 4. The lowest BCUT2D eigenvalue weighted by atomic mass is 10.1. The molecule has 1 aliphatic heterocycles. The van der Waals surface area contributed by atoms with Gasteiger partial charge in [-0.3, -0.25) is 0 Å².